The van der Waals surface area contributed by atoms with Crippen LogP contribution in [0.4, 0.5) is 9.59 Å². The smallest absolute Gasteiger partial charge is 0.419 e. The van der Waals surface area contributed by atoms with Crippen molar-refractivity contribution in [3.8, 4) is 0 Å². The lowest BCUT2D eigenvalue weighted by molar-refractivity contribution is -0.00357. The van der Waals surface area contributed by atoms with Gasteiger partial charge in [-0.05, 0) is 106 Å². The van der Waals surface area contributed by atoms with E-state index in [0.717, 1.165) is 36.7 Å². The van der Waals surface area contributed by atoms with Crippen molar-refractivity contribution in [2.45, 2.75) is 78.4 Å². The lowest BCUT2D eigenvalue weighted by atomic mass is 9.98. The Morgan fingerprint density at radius 1 is 0.844 bits per heavy atom. The van der Waals surface area contributed by atoms with Gasteiger partial charge in [-0.25, -0.2) is 14.5 Å². The molecule has 0 aromatic rings. The summed E-state index contributed by atoms with van der Waals surface area (Å²) in [7, 11) is 4.26. The molecular formula is C24H46BrN3O4. The molecule has 32 heavy (non-hydrogen) atoms. The first-order chi connectivity index (χ1) is 14.7. The highest BCUT2D eigenvalue weighted by Crippen LogP contribution is 2.20. The number of halogens is 1. The maximum absolute atomic E-state index is 12.4. The van der Waals surface area contributed by atoms with E-state index < -0.39 is 23.4 Å². The Morgan fingerprint density at radius 2 is 1.25 bits per heavy atom. The largest absolute Gasteiger partial charge is 0.443 e. The fraction of sp³-hybridized carbons (Fsp3) is 0.917. The minimum Gasteiger partial charge on any atom is -0.443 e. The number of hydrogen-bond donors (Lipinski definition) is 0. The number of alkyl halides is 1. The molecule has 8 heteroatoms. The normalized spacial score (nSPS) is 23.0. The molecule has 188 valence electrons. The fourth-order valence-corrected chi connectivity index (χ4v) is 4.47. The van der Waals surface area contributed by atoms with Crippen molar-refractivity contribution >= 4 is 28.1 Å². The predicted octanol–water partition coefficient (Wildman–Crippen LogP) is 5.22. The van der Waals surface area contributed by atoms with Crippen LogP contribution in [0.1, 0.15) is 67.2 Å². The van der Waals surface area contributed by atoms with Crippen molar-refractivity contribution in [3.63, 3.8) is 0 Å². The lowest BCUT2D eigenvalue weighted by Gasteiger charge is -2.34. The molecule has 0 spiro atoms. The molecule has 2 saturated heterocycles. The number of ether oxygens (including phenoxy) is 2. The number of amides is 2. The Balaban J connectivity index is 0.000000471. The van der Waals surface area contributed by atoms with Crippen LogP contribution in [0.2, 0.25) is 0 Å². The van der Waals surface area contributed by atoms with Crippen LogP contribution in [0.15, 0.2) is 0 Å². The molecule has 0 aromatic carbocycles. The number of imide groups is 1. The van der Waals surface area contributed by atoms with Crippen LogP contribution in [0.25, 0.3) is 0 Å². The number of carbonyl (C=O) groups excluding carboxylic acids is 2. The zero-order valence-corrected chi connectivity index (χ0v) is 23.2. The Labute approximate surface area is 204 Å². The Kier molecular flexibility index (Phi) is 12.0. The van der Waals surface area contributed by atoms with E-state index in [2.05, 4.69) is 39.8 Å². The summed E-state index contributed by atoms with van der Waals surface area (Å²) >= 11 is 3.51. The summed E-state index contributed by atoms with van der Waals surface area (Å²) in [4.78, 5) is 30.6. The van der Waals surface area contributed by atoms with Crippen molar-refractivity contribution in [3.05, 3.63) is 0 Å². The Hall–Kier alpha value is -0.860. The maximum atomic E-state index is 12.4. The van der Waals surface area contributed by atoms with Crippen LogP contribution in [-0.2, 0) is 9.47 Å². The van der Waals surface area contributed by atoms with Crippen LogP contribution in [0, 0.1) is 11.8 Å². The van der Waals surface area contributed by atoms with Gasteiger partial charge in [0.05, 0.1) is 0 Å². The number of rotatable bonds is 3. The molecule has 0 aromatic heterocycles. The summed E-state index contributed by atoms with van der Waals surface area (Å²) in [6, 6.07) is 0. The number of hydrogen-bond acceptors (Lipinski definition) is 6. The standard InChI is InChI=1S/C17H32N2O4.C7H14BrN/c1-16(2,3)22-14(20)19(15(21)23-17(4,5)6)12-13-9-8-10-18(7)11-13;1-9-4-2-3-7(5-8)6-9/h13H,8-12H2,1-7H3;7H,2-6H2,1H3. The average molecular weight is 521 g/mol. The van der Waals surface area contributed by atoms with E-state index >= 15 is 0 Å². The summed E-state index contributed by atoms with van der Waals surface area (Å²) in [5, 5.41) is 1.18. The first kappa shape index (κ1) is 29.2. The van der Waals surface area contributed by atoms with E-state index in [1.807, 2.05) is 0 Å². The predicted molar refractivity (Wildman–Crippen MR) is 133 cm³/mol. The van der Waals surface area contributed by atoms with Gasteiger partial charge in [-0.15, -0.1) is 0 Å². The first-order valence-electron chi connectivity index (χ1n) is 11.9. The highest BCUT2D eigenvalue weighted by molar-refractivity contribution is 9.09. The minimum atomic E-state index is -0.652. The quantitative estimate of drug-likeness (QED) is 0.476. The van der Waals surface area contributed by atoms with Gasteiger partial charge >= 0.3 is 12.2 Å². The zero-order chi connectivity index (χ0) is 24.5. The van der Waals surface area contributed by atoms with E-state index in [1.54, 1.807) is 41.5 Å². The summed E-state index contributed by atoms with van der Waals surface area (Å²) in [5.41, 5.74) is -1.30. The molecule has 2 fully saturated rings. The molecule has 2 atom stereocenters. The van der Waals surface area contributed by atoms with Crippen molar-refractivity contribution in [1.82, 2.24) is 14.7 Å². The second-order valence-corrected chi connectivity index (χ2v) is 11.9. The SMILES string of the molecule is CN1CCCC(CBr)C1.CN1CCCC(CN(C(=O)OC(C)(C)C)C(=O)OC(C)(C)C)C1. The third kappa shape index (κ3) is 12.4. The monoisotopic (exact) mass is 519 g/mol. The molecule has 0 radical (unpaired) electrons. The molecule has 0 saturated carbocycles. The van der Waals surface area contributed by atoms with Crippen LogP contribution in [0.3, 0.4) is 0 Å². The van der Waals surface area contributed by atoms with Crippen molar-refractivity contribution in [2.75, 3.05) is 52.1 Å². The van der Waals surface area contributed by atoms with Gasteiger partial charge in [0.2, 0.25) is 0 Å². The molecule has 2 unspecified atom stereocenters. The summed E-state index contributed by atoms with van der Waals surface area (Å²) in [6.45, 7) is 15.5. The maximum Gasteiger partial charge on any atom is 0.419 e. The lowest BCUT2D eigenvalue weighted by Crippen LogP contribution is -2.48. The van der Waals surface area contributed by atoms with Gasteiger partial charge in [0.1, 0.15) is 11.2 Å². The second-order valence-electron chi connectivity index (χ2n) is 11.3. The minimum absolute atomic E-state index is 0.244. The van der Waals surface area contributed by atoms with Crippen molar-refractivity contribution in [1.29, 1.82) is 0 Å². The highest BCUT2D eigenvalue weighted by atomic mass is 79.9. The van der Waals surface area contributed by atoms with Gasteiger partial charge in [0.15, 0.2) is 0 Å². The van der Waals surface area contributed by atoms with E-state index in [1.165, 1.54) is 31.3 Å². The first-order valence-corrected chi connectivity index (χ1v) is 13.0. The third-order valence-corrected chi connectivity index (χ3v) is 6.25. The third-order valence-electron chi connectivity index (χ3n) is 5.33. The molecular weight excluding hydrogens is 474 g/mol. The zero-order valence-electron chi connectivity index (χ0n) is 21.6. The van der Waals surface area contributed by atoms with Crippen LogP contribution in [-0.4, -0.2) is 90.2 Å². The van der Waals surface area contributed by atoms with Crippen LogP contribution in [0.5, 0.6) is 0 Å². The molecule has 2 aliphatic rings. The topological polar surface area (TPSA) is 62.3 Å². The summed E-state index contributed by atoms with van der Waals surface area (Å²) in [6.07, 6.45) is 3.58. The molecule has 0 aliphatic carbocycles. The Bertz CT molecular complexity index is 561. The van der Waals surface area contributed by atoms with Gasteiger partial charge in [-0.1, -0.05) is 15.9 Å². The molecule has 2 rings (SSSR count). The van der Waals surface area contributed by atoms with Crippen molar-refractivity contribution < 1.29 is 19.1 Å². The summed E-state index contributed by atoms with van der Waals surface area (Å²) in [5.74, 6) is 1.15. The Morgan fingerprint density at radius 3 is 1.59 bits per heavy atom. The number of carbonyl (C=O) groups is 2. The van der Waals surface area contributed by atoms with Gasteiger partial charge in [0.25, 0.3) is 0 Å². The van der Waals surface area contributed by atoms with E-state index in [0.29, 0.717) is 6.54 Å². The number of nitrogens with zero attached hydrogens (tertiary/aromatic N) is 3. The van der Waals surface area contributed by atoms with Gasteiger partial charge in [0, 0.05) is 25.0 Å². The van der Waals surface area contributed by atoms with Crippen LogP contribution >= 0.6 is 15.9 Å². The molecule has 2 amide bonds. The van der Waals surface area contributed by atoms with Crippen molar-refractivity contribution in [2.24, 2.45) is 11.8 Å². The fourth-order valence-electron chi connectivity index (χ4n) is 3.94. The van der Waals surface area contributed by atoms with E-state index in [9.17, 15) is 9.59 Å². The summed E-state index contributed by atoms with van der Waals surface area (Å²) < 4.78 is 10.8. The van der Waals surface area contributed by atoms with E-state index in [-0.39, 0.29) is 5.92 Å². The molecule has 2 aliphatic heterocycles. The molecule has 0 bridgehead atoms. The van der Waals surface area contributed by atoms with Gasteiger partial charge in [-0.2, -0.15) is 0 Å². The number of likely N-dealkylation sites (tertiary alicyclic amines) is 2. The number of piperidine rings is 2. The van der Waals surface area contributed by atoms with Gasteiger partial charge < -0.3 is 19.3 Å². The van der Waals surface area contributed by atoms with E-state index in [4.69, 9.17) is 9.47 Å². The molecule has 7 nitrogen and oxygen atoms in total. The molecule has 0 N–H and O–H groups in total. The highest BCUT2D eigenvalue weighted by Gasteiger charge is 2.33. The van der Waals surface area contributed by atoms with Crippen LogP contribution < -0.4 is 0 Å². The second kappa shape index (κ2) is 13.1. The molecule has 2 heterocycles. The van der Waals surface area contributed by atoms with Gasteiger partial charge in [-0.3, -0.25) is 0 Å². The average Bonchev–Trinajstić information content (AvgIpc) is 2.63.